The first-order valence-corrected chi connectivity index (χ1v) is 8.28. The number of nitrogens with two attached hydrogens (primary N) is 1. The van der Waals surface area contributed by atoms with E-state index in [0.717, 1.165) is 5.56 Å². The molecule has 0 bridgehead atoms. The van der Waals surface area contributed by atoms with Gasteiger partial charge in [-0.2, -0.15) is 0 Å². The molecule has 0 spiro atoms. The summed E-state index contributed by atoms with van der Waals surface area (Å²) in [4.78, 5) is 0. The van der Waals surface area contributed by atoms with Crippen molar-refractivity contribution in [2.75, 3.05) is 13.2 Å². The average Bonchev–Trinajstić information content (AvgIpc) is 2.33. The van der Waals surface area contributed by atoms with Gasteiger partial charge in [0.1, 0.15) is 0 Å². The zero-order chi connectivity index (χ0) is 14.0. The van der Waals surface area contributed by atoms with Crippen LogP contribution in [0.2, 0.25) is 10.0 Å². The number of primary sulfonamides is 1. The molecular weight excluding hydrogens is 309 g/mol. The van der Waals surface area contributed by atoms with Gasteiger partial charge in [0.15, 0.2) is 0 Å². The van der Waals surface area contributed by atoms with Crippen LogP contribution in [0.3, 0.4) is 0 Å². The predicted molar refractivity (Wildman–Crippen MR) is 76.0 cm³/mol. The van der Waals surface area contributed by atoms with Crippen molar-refractivity contribution in [1.82, 2.24) is 0 Å². The summed E-state index contributed by atoms with van der Waals surface area (Å²) < 4.78 is 28.6. The molecular formula is C12H15Cl2NO3S. The van der Waals surface area contributed by atoms with Gasteiger partial charge in [-0.15, -0.1) is 0 Å². The van der Waals surface area contributed by atoms with E-state index in [4.69, 9.17) is 33.1 Å². The third-order valence-corrected chi connectivity index (χ3v) is 5.38. The normalized spacial score (nSPS) is 24.4. The van der Waals surface area contributed by atoms with Gasteiger partial charge in [0.25, 0.3) is 0 Å². The van der Waals surface area contributed by atoms with Crippen LogP contribution >= 0.6 is 23.2 Å². The number of sulfonamides is 1. The Kier molecular flexibility index (Phi) is 4.74. The lowest BCUT2D eigenvalue weighted by Crippen LogP contribution is -2.42. The fourth-order valence-corrected chi connectivity index (χ4v) is 3.91. The highest BCUT2D eigenvalue weighted by molar-refractivity contribution is 7.89. The molecule has 0 amide bonds. The molecule has 19 heavy (non-hydrogen) atoms. The Morgan fingerprint density at radius 2 is 2.11 bits per heavy atom. The van der Waals surface area contributed by atoms with Crippen molar-refractivity contribution in [2.24, 2.45) is 11.1 Å². The van der Waals surface area contributed by atoms with Gasteiger partial charge in [-0.05, 0) is 36.6 Å². The predicted octanol–water partition coefficient (Wildman–Crippen LogP) is 2.23. The summed E-state index contributed by atoms with van der Waals surface area (Å²) in [5.41, 5.74) is 0.818. The lowest BCUT2D eigenvalue weighted by Gasteiger charge is -2.30. The van der Waals surface area contributed by atoms with Gasteiger partial charge in [-0.3, -0.25) is 0 Å². The molecule has 1 fully saturated rings. The molecule has 1 aliphatic heterocycles. The van der Waals surface area contributed by atoms with E-state index in [1.54, 1.807) is 18.2 Å². The molecule has 2 unspecified atom stereocenters. The lowest BCUT2D eigenvalue weighted by molar-refractivity contribution is 0.0573. The molecule has 2 atom stereocenters. The van der Waals surface area contributed by atoms with Crippen molar-refractivity contribution in [2.45, 2.75) is 18.1 Å². The second-order valence-corrected chi connectivity index (χ2v) is 7.32. The van der Waals surface area contributed by atoms with Crippen LogP contribution in [0.25, 0.3) is 0 Å². The topological polar surface area (TPSA) is 69.4 Å². The monoisotopic (exact) mass is 323 g/mol. The Hall–Kier alpha value is -0.330. The molecule has 4 nitrogen and oxygen atoms in total. The summed E-state index contributed by atoms with van der Waals surface area (Å²) in [5, 5.41) is 5.84. The average molecular weight is 324 g/mol. The summed E-state index contributed by atoms with van der Waals surface area (Å²) in [6.45, 7) is 0.783. The van der Waals surface area contributed by atoms with Gasteiger partial charge in [-0.25, -0.2) is 13.6 Å². The van der Waals surface area contributed by atoms with Crippen molar-refractivity contribution in [3.8, 4) is 0 Å². The molecule has 1 saturated heterocycles. The molecule has 1 aromatic carbocycles. The van der Waals surface area contributed by atoms with Gasteiger partial charge in [0.05, 0.1) is 11.9 Å². The van der Waals surface area contributed by atoms with Crippen LogP contribution in [-0.4, -0.2) is 26.9 Å². The van der Waals surface area contributed by atoms with E-state index in [1.165, 1.54) is 0 Å². The smallest absolute Gasteiger partial charge is 0.212 e. The zero-order valence-corrected chi connectivity index (χ0v) is 12.5. The van der Waals surface area contributed by atoms with Crippen molar-refractivity contribution in [3.63, 3.8) is 0 Å². The van der Waals surface area contributed by atoms with E-state index < -0.39 is 15.3 Å². The summed E-state index contributed by atoms with van der Waals surface area (Å²) in [6.07, 6.45) is 0.905. The van der Waals surface area contributed by atoms with Gasteiger partial charge in [0.2, 0.25) is 10.0 Å². The largest absolute Gasteiger partial charge is 0.381 e. The highest BCUT2D eigenvalue weighted by Crippen LogP contribution is 2.28. The fraction of sp³-hybridized carbons (Fsp3) is 0.500. The van der Waals surface area contributed by atoms with Gasteiger partial charge in [-0.1, -0.05) is 23.2 Å². The summed E-state index contributed by atoms with van der Waals surface area (Å²) in [6, 6.07) is 5.15. The second kappa shape index (κ2) is 5.97. The molecule has 7 heteroatoms. The van der Waals surface area contributed by atoms with Gasteiger partial charge < -0.3 is 4.74 Å². The van der Waals surface area contributed by atoms with Crippen LogP contribution in [0, 0.1) is 5.92 Å². The highest BCUT2D eigenvalue weighted by atomic mass is 35.5. The van der Waals surface area contributed by atoms with E-state index in [0.29, 0.717) is 36.1 Å². The standard InChI is InChI=1S/C12H15Cl2NO3S/c13-10-1-2-11(14)8(6-10)5-9-7-18-4-3-12(9)19(15,16)17/h1-2,6,9,12H,3-5,7H2,(H2,15,16,17). The maximum atomic E-state index is 11.6. The molecule has 0 aliphatic carbocycles. The maximum Gasteiger partial charge on any atom is 0.212 e. The fourth-order valence-electron chi connectivity index (χ4n) is 2.38. The van der Waals surface area contributed by atoms with Crippen molar-refractivity contribution in [3.05, 3.63) is 33.8 Å². The van der Waals surface area contributed by atoms with Gasteiger partial charge in [0, 0.05) is 22.6 Å². The molecule has 1 heterocycles. The number of benzene rings is 1. The number of halogens is 2. The first-order chi connectivity index (χ1) is 8.88. The van der Waals surface area contributed by atoms with Crippen molar-refractivity contribution in [1.29, 1.82) is 0 Å². The summed E-state index contributed by atoms with van der Waals surface area (Å²) >= 11 is 12.0. The Balaban J connectivity index is 2.22. The van der Waals surface area contributed by atoms with E-state index in [1.807, 2.05) is 0 Å². The number of hydrogen-bond donors (Lipinski definition) is 1. The molecule has 1 aromatic rings. The molecule has 106 valence electrons. The number of ether oxygens (including phenoxy) is 1. The molecule has 0 saturated carbocycles. The first-order valence-electron chi connectivity index (χ1n) is 5.91. The Bertz CT molecular complexity index is 562. The van der Waals surface area contributed by atoms with Crippen LogP contribution in [0.4, 0.5) is 0 Å². The quantitative estimate of drug-likeness (QED) is 0.927. The minimum absolute atomic E-state index is 0.195. The summed E-state index contributed by atoms with van der Waals surface area (Å²) in [5.74, 6) is -0.195. The number of hydrogen-bond acceptors (Lipinski definition) is 3. The maximum absolute atomic E-state index is 11.6. The van der Waals surface area contributed by atoms with E-state index >= 15 is 0 Å². The van der Waals surface area contributed by atoms with Crippen molar-refractivity contribution >= 4 is 33.2 Å². The minimum Gasteiger partial charge on any atom is -0.381 e. The molecule has 0 radical (unpaired) electrons. The van der Waals surface area contributed by atoms with Crippen LogP contribution in [-0.2, 0) is 21.2 Å². The molecule has 0 aromatic heterocycles. The Labute approximate surface area is 122 Å². The highest BCUT2D eigenvalue weighted by Gasteiger charge is 2.34. The minimum atomic E-state index is -3.57. The van der Waals surface area contributed by atoms with E-state index in [9.17, 15) is 8.42 Å². The van der Waals surface area contributed by atoms with Crippen LogP contribution < -0.4 is 5.14 Å². The number of rotatable bonds is 3. The Morgan fingerprint density at radius 1 is 1.37 bits per heavy atom. The van der Waals surface area contributed by atoms with Crippen LogP contribution in [0.15, 0.2) is 18.2 Å². The molecule has 1 aliphatic rings. The zero-order valence-electron chi connectivity index (χ0n) is 10.2. The lowest BCUT2D eigenvalue weighted by atomic mass is 9.93. The van der Waals surface area contributed by atoms with Crippen LogP contribution in [0.1, 0.15) is 12.0 Å². The van der Waals surface area contributed by atoms with Crippen LogP contribution in [0.5, 0.6) is 0 Å². The molecule has 2 rings (SSSR count). The Morgan fingerprint density at radius 3 is 2.79 bits per heavy atom. The third-order valence-electron chi connectivity index (χ3n) is 3.32. The summed E-state index contributed by atoms with van der Waals surface area (Å²) in [7, 11) is -3.57. The molecule has 2 N–H and O–H groups in total. The van der Waals surface area contributed by atoms with Crippen molar-refractivity contribution < 1.29 is 13.2 Å². The van der Waals surface area contributed by atoms with E-state index in [2.05, 4.69) is 0 Å². The first kappa shape index (κ1) is 15.1. The third kappa shape index (κ3) is 3.83. The SMILES string of the molecule is NS(=O)(=O)C1CCOCC1Cc1cc(Cl)ccc1Cl. The van der Waals surface area contributed by atoms with Gasteiger partial charge >= 0.3 is 0 Å². The second-order valence-electron chi connectivity index (χ2n) is 4.69. The van der Waals surface area contributed by atoms with E-state index in [-0.39, 0.29) is 5.92 Å².